The summed E-state index contributed by atoms with van der Waals surface area (Å²) < 4.78 is 0. The molecule has 1 saturated heterocycles. The van der Waals surface area contributed by atoms with Crippen LogP contribution in [0.1, 0.15) is 52.4 Å². The monoisotopic (exact) mass is 240 g/mol. The minimum Gasteiger partial charge on any atom is -0.392 e. The molecule has 2 fully saturated rings. The minimum absolute atomic E-state index is 0.105. The highest BCUT2D eigenvalue weighted by Crippen LogP contribution is 2.21. The summed E-state index contributed by atoms with van der Waals surface area (Å²) in [7, 11) is 0. The van der Waals surface area contributed by atoms with Crippen LogP contribution in [0.2, 0.25) is 0 Å². The first kappa shape index (κ1) is 13.3. The second-order valence-corrected chi connectivity index (χ2v) is 6.03. The molecule has 1 aliphatic heterocycles. The van der Waals surface area contributed by atoms with Gasteiger partial charge in [-0.2, -0.15) is 0 Å². The number of piperidine rings is 1. The molecule has 2 aliphatic rings. The van der Waals surface area contributed by atoms with E-state index in [-0.39, 0.29) is 6.10 Å². The van der Waals surface area contributed by atoms with Crippen LogP contribution in [0.25, 0.3) is 0 Å². The molecule has 0 aromatic rings. The maximum Gasteiger partial charge on any atom is 0.0693 e. The molecule has 3 heteroatoms. The van der Waals surface area contributed by atoms with Crippen molar-refractivity contribution in [1.29, 1.82) is 0 Å². The van der Waals surface area contributed by atoms with Gasteiger partial charge in [0.2, 0.25) is 0 Å². The van der Waals surface area contributed by atoms with Gasteiger partial charge in [-0.05, 0) is 52.6 Å². The third kappa shape index (κ3) is 3.67. The van der Waals surface area contributed by atoms with Crippen LogP contribution in [0, 0.1) is 0 Å². The summed E-state index contributed by atoms with van der Waals surface area (Å²) in [5.74, 6) is 0. The highest BCUT2D eigenvalue weighted by Gasteiger charge is 2.27. The van der Waals surface area contributed by atoms with Gasteiger partial charge >= 0.3 is 0 Å². The predicted molar refractivity (Wildman–Crippen MR) is 71.1 cm³/mol. The van der Waals surface area contributed by atoms with Crippen molar-refractivity contribution >= 4 is 0 Å². The van der Waals surface area contributed by atoms with Gasteiger partial charge in [-0.25, -0.2) is 0 Å². The van der Waals surface area contributed by atoms with E-state index in [0.29, 0.717) is 18.1 Å². The van der Waals surface area contributed by atoms with E-state index in [4.69, 9.17) is 0 Å². The molecule has 0 aromatic carbocycles. The van der Waals surface area contributed by atoms with Gasteiger partial charge in [0.05, 0.1) is 6.10 Å². The molecule has 0 radical (unpaired) electrons. The molecule has 2 rings (SSSR count). The van der Waals surface area contributed by atoms with Crippen LogP contribution in [0.4, 0.5) is 0 Å². The zero-order valence-corrected chi connectivity index (χ0v) is 11.4. The molecular weight excluding hydrogens is 212 g/mol. The average molecular weight is 240 g/mol. The van der Waals surface area contributed by atoms with Gasteiger partial charge < -0.3 is 15.3 Å². The van der Waals surface area contributed by atoms with Gasteiger partial charge in [0.25, 0.3) is 0 Å². The summed E-state index contributed by atoms with van der Waals surface area (Å²) >= 11 is 0. The Labute approximate surface area is 106 Å². The van der Waals surface area contributed by atoms with Crippen LogP contribution >= 0.6 is 0 Å². The summed E-state index contributed by atoms with van der Waals surface area (Å²) in [5, 5.41) is 13.7. The van der Waals surface area contributed by atoms with E-state index in [9.17, 15) is 5.11 Å². The molecule has 1 aliphatic carbocycles. The van der Waals surface area contributed by atoms with Crippen LogP contribution in [-0.4, -0.2) is 47.3 Å². The fraction of sp³-hybridized carbons (Fsp3) is 1.00. The first-order valence-electron chi connectivity index (χ1n) is 7.35. The van der Waals surface area contributed by atoms with Crippen LogP contribution in [-0.2, 0) is 0 Å². The van der Waals surface area contributed by atoms with Gasteiger partial charge in [0.1, 0.15) is 0 Å². The molecule has 100 valence electrons. The van der Waals surface area contributed by atoms with Gasteiger partial charge in [-0.1, -0.05) is 12.8 Å². The lowest BCUT2D eigenvalue weighted by Gasteiger charge is -2.38. The fourth-order valence-electron chi connectivity index (χ4n) is 3.19. The Hall–Kier alpha value is -0.120. The molecule has 17 heavy (non-hydrogen) atoms. The second-order valence-electron chi connectivity index (χ2n) is 6.03. The lowest BCUT2D eigenvalue weighted by atomic mass is 9.91. The smallest absolute Gasteiger partial charge is 0.0693 e. The van der Waals surface area contributed by atoms with Crippen molar-refractivity contribution < 1.29 is 5.11 Å². The Balaban J connectivity index is 1.73. The van der Waals surface area contributed by atoms with Gasteiger partial charge in [0.15, 0.2) is 0 Å². The zero-order valence-electron chi connectivity index (χ0n) is 11.4. The van der Waals surface area contributed by atoms with Crippen molar-refractivity contribution in [2.24, 2.45) is 0 Å². The molecule has 1 saturated carbocycles. The quantitative estimate of drug-likeness (QED) is 0.789. The third-order valence-corrected chi connectivity index (χ3v) is 4.44. The Morgan fingerprint density at radius 3 is 2.29 bits per heavy atom. The molecule has 2 atom stereocenters. The average Bonchev–Trinajstić information content (AvgIpc) is 2.33. The molecule has 0 bridgehead atoms. The van der Waals surface area contributed by atoms with Crippen molar-refractivity contribution in [3.8, 4) is 0 Å². The van der Waals surface area contributed by atoms with E-state index in [1.807, 2.05) is 0 Å². The van der Waals surface area contributed by atoms with Crippen molar-refractivity contribution in [3.05, 3.63) is 0 Å². The Morgan fingerprint density at radius 2 is 1.71 bits per heavy atom. The first-order valence-corrected chi connectivity index (χ1v) is 7.35. The van der Waals surface area contributed by atoms with Crippen LogP contribution in [0.5, 0.6) is 0 Å². The molecule has 0 spiro atoms. The number of hydrogen-bond acceptors (Lipinski definition) is 3. The molecule has 0 aromatic heterocycles. The van der Waals surface area contributed by atoms with Gasteiger partial charge in [-0.3, -0.25) is 0 Å². The number of hydrogen-bond donors (Lipinski definition) is 2. The van der Waals surface area contributed by atoms with Crippen molar-refractivity contribution in [2.75, 3.05) is 13.1 Å². The van der Waals surface area contributed by atoms with Crippen LogP contribution in [0.3, 0.4) is 0 Å². The summed E-state index contributed by atoms with van der Waals surface area (Å²) in [4.78, 5) is 2.55. The molecule has 1 heterocycles. The lowest BCUT2D eigenvalue weighted by Crippen LogP contribution is -2.51. The minimum atomic E-state index is -0.105. The number of nitrogens with zero attached hydrogens (tertiary/aromatic N) is 1. The summed E-state index contributed by atoms with van der Waals surface area (Å²) in [5.41, 5.74) is 0. The van der Waals surface area contributed by atoms with E-state index >= 15 is 0 Å². The molecule has 2 N–H and O–H groups in total. The number of rotatable bonds is 3. The highest BCUT2D eigenvalue weighted by molar-refractivity contribution is 4.86. The maximum atomic E-state index is 9.97. The topological polar surface area (TPSA) is 35.5 Å². The van der Waals surface area contributed by atoms with E-state index in [1.165, 1.54) is 38.8 Å². The number of aliphatic hydroxyl groups excluding tert-OH is 1. The predicted octanol–water partition coefficient (Wildman–Crippen LogP) is 1.75. The summed E-state index contributed by atoms with van der Waals surface area (Å²) in [6, 6.07) is 1.67. The SMILES string of the molecule is CC(C)N1CCC(N[C@H]2CCCC[C@@H]2O)CC1. The Kier molecular flexibility index (Phi) is 4.83. The first-order chi connectivity index (χ1) is 8.16. The Morgan fingerprint density at radius 1 is 1.06 bits per heavy atom. The zero-order chi connectivity index (χ0) is 12.3. The van der Waals surface area contributed by atoms with Crippen molar-refractivity contribution in [3.63, 3.8) is 0 Å². The lowest BCUT2D eigenvalue weighted by molar-refractivity contribution is 0.0737. The number of likely N-dealkylation sites (tertiary alicyclic amines) is 1. The maximum absolute atomic E-state index is 9.97. The second kappa shape index (κ2) is 6.17. The van der Waals surface area contributed by atoms with E-state index in [0.717, 1.165) is 12.8 Å². The van der Waals surface area contributed by atoms with Crippen LogP contribution < -0.4 is 5.32 Å². The van der Waals surface area contributed by atoms with E-state index in [2.05, 4.69) is 24.1 Å². The van der Waals surface area contributed by atoms with Crippen molar-refractivity contribution in [2.45, 2.75) is 76.6 Å². The van der Waals surface area contributed by atoms with Crippen LogP contribution in [0.15, 0.2) is 0 Å². The van der Waals surface area contributed by atoms with Gasteiger partial charge in [-0.15, -0.1) is 0 Å². The third-order valence-electron chi connectivity index (χ3n) is 4.44. The summed E-state index contributed by atoms with van der Waals surface area (Å²) in [6.07, 6.45) is 6.99. The summed E-state index contributed by atoms with van der Waals surface area (Å²) in [6.45, 7) is 6.97. The molecular formula is C14H28N2O. The Bertz CT molecular complexity index is 224. The van der Waals surface area contributed by atoms with Crippen molar-refractivity contribution in [1.82, 2.24) is 10.2 Å². The highest BCUT2D eigenvalue weighted by atomic mass is 16.3. The largest absolute Gasteiger partial charge is 0.392 e. The van der Waals surface area contributed by atoms with E-state index < -0.39 is 0 Å². The number of nitrogens with one attached hydrogen (secondary N) is 1. The number of aliphatic hydroxyl groups is 1. The molecule has 3 nitrogen and oxygen atoms in total. The fourth-order valence-corrected chi connectivity index (χ4v) is 3.19. The molecule has 0 unspecified atom stereocenters. The normalized spacial score (nSPS) is 33.2. The van der Waals surface area contributed by atoms with Gasteiger partial charge in [0, 0.05) is 18.1 Å². The van der Waals surface area contributed by atoms with E-state index in [1.54, 1.807) is 0 Å². The molecule has 0 amide bonds. The standard InChI is InChI=1S/C14H28N2O/c1-11(2)16-9-7-12(8-10-16)15-13-5-3-4-6-14(13)17/h11-15,17H,3-10H2,1-2H3/t13-,14-/m0/s1.